The fourth-order valence-electron chi connectivity index (χ4n) is 3.43. The Kier molecular flexibility index (Phi) is 5.21. The summed E-state index contributed by atoms with van der Waals surface area (Å²) >= 11 is 6.07. The highest BCUT2D eigenvalue weighted by atomic mass is 35.5. The van der Waals surface area contributed by atoms with Gasteiger partial charge in [0.25, 0.3) is 5.91 Å². The number of carbonyl (C=O) groups is 1. The van der Waals surface area contributed by atoms with Gasteiger partial charge in [-0.1, -0.05) is 35.4 Å². The second kappa shape index (κ2) is 7.92. The van der Waals surface area contributed by atoms with Crippen LogP contribution in [0.15, 0.2) is 54.2 Å². The van der Waals surface area contributed by atoms with E-state index in [0.29, 0.717) is 28.6 Å². The summed E-state index contributed by atoms with van der Waals surface area (Å²) in [6.45, 7) is 0.663. The number of aromatic nitrogens is 3. The third-order valence-electron chi connectivity index (χ3n) is 4.87. The fourth-order valence-corrected chi connectivity index (χ4v) is 3.62. The molecule has 2 heterocycles. The van der Waals surface area contributed by atoms with Crippen molar-refractivity contribution in [3.63, 3.8) is 0 Å². The minimum Gasteiger partial charge on any atom is -0.352 e. The second-order valence-electron chi connectivity index (χ2n) is 6.79. The van der Waals surface area contributed by atoms with Crippen molar-refractivity contribution in [3.8, 4) is 11.4 Å². The van der Waals surface area contributed by atoms with Gasteiger partial charge in [0.05, 0.1) is 0 Å². The predicted molar refractivity (Wildman–Crippen MR) is 107 cm³/mol. The number of nitrogens with one attached hydrogen (secondary N) is 1. The maximum absolute atomic E-state index is 12.4. The molecule has 4 rings (SSSR count). The number of hydrogen-bond donors (Lipinski definition) is 1. The van der Waals surface area contributed by atoms with Gasteiger partial charge in [0, 0.05) is 28.9 Å². The van der Waals surface area contributed by atoms with E-state index >= 15 is 0 Å². The zero-order chi connectivity index (χ0) is 18.6. The predicted octanol–water partition coefficient (Wildman–Crippen LogP) is 4.67. The number of amides is 1. The molecule has 27 heavy (non-hydrogen) atoms. The SMILES string of the molecule is O=C(NCCC1=CCCCC1)c1ccn2c(-c3cccc(Cl)c3)nnc2c1. The van der Waals surface area contributed by atoms with E-state index in [1.54, 1.807) is 12.1 Å². The van der Waals surface area contributed by atoms with Crippen molar-refractivity contribution in [2.75, 3.05) is 6.54 Å². The molecule has 1 N–H and O–H groups in total. The molecule has 1 aliphatic rings. The molecule has 0 spiro atoms. The third kappa shape index (κ3) is 4.03. The van der Waals surface area contributed by atoms with E-state index in [2.05, 4.69) is 21.6 Å². The summed E-state index contributed by atoms with van der Waals surface area (Å²) in [6.07, 6.45) is 9.94. The Bertz CT molecular complexity index is 1010. The monoisotopic (exact) mass is 380 g/mol. The number of carbonyl (C=O) groups excluding carboxylic acids is 1. The average Bonchev–Trinajstić information content (AvgIpc) is 3.12. The number of benzene rings is 1. The van der Waals surface area contributed by atoms with Crippen molar-refractivity contribution in [1.82, 2.24) is 19.9 Å². The third-order valence-corrected chi connectivity index (χ3v) is 5.11. The highest BCUT2D eigenvalue weighted by Gasteiger charge is 2.12. The number of hydrogen-bond acceptors (Lipinski definition) is 3. The van der Waals surface area contributed by atoms with Crippen molar-refractivity contribution >= 4 is 23.2 Å². The topological polar surface area (TPSA) is 59.3 Å². The highest BCUT2D eigenvalue weighted by Crippen LogP contribution is 2.22. The Hall–Kier alpha value is -2.66. The first-order valence-corrected chi connectivity index (χ1v) is 9.65. The first-order valence-electron chi connectivity index (χ1n) is 9.27. The number of nitrogens with zero attached hydrogens (tertiary/aromatic N) is 3. The zero-order valence-electron chi connectivity index (χ0n) is 15.0. The Morgan fingerprint density at radius 3 is 2.93 bits per heavy atom. The number of pyridine rings is 1. The lowest BCUT2D eigenvalue weighted by atomic mass is 9.97. The van der Waals surface area contributed by atoms with Crippen molar-refractivity contribution < 1.29 is 4.79 Å². The van der Waals surface area contributed by atoms with Crippen molar-refractivity contribution in [2.24, 2.45) is 0 Å². The lowest BCUT2D eigenvalue weighted by Crippen LogP contribution is -2.25. The quantitative estimate of drug-likeness (QED) is 0.654. The van der Waals surface area contributed by atoms with Gasteiger partial charge in [0.15, 0.2) is 11.5 Å². The number of allylic oxidation sites excluding steroid dienone is 1. The van der Waals surface area contributed by atoms with Crippen LogP contribution in [-0.4, -0.2) is 27.0 Å². The normalized spacial score (nSPS) is 14.2. The number of rotatable bonds is 5. The van der Waals surface area contributed by atoms with Crippen LogP contribution in [-0.2, 0) is 0 Å². The van der Waals surface area contributed by atoms with Gasteiger partial charge in [-0.05, 0) is 56.4 Å². The van der Waals surface area contributed by atoms with Crippen LogP contribution in [0.5, 0.6) is 0 Å². The van der Waals surface area contributed by atoms with Gasteiger partial charge in [-0.25, -0.2) is 0 Å². The van der Waals surface area contributed by atoms with Gasteiger partial charge >= 0.3 is 0 Å². The second-order valence-corrected chi connectivity index (χ2v) is 7.23. The molecule has 0 atom stereocenters. The molecule has 0 fully saturated rings. The molecule has 2 aromatic heterocycles. The summed E-state index contributed by atoms with van der Waals surface area (Å²) in [5.74, 6) is 0.616. The minimum atomic E-state index is -0.0822. The largest absolute Gasteiger partial charge is 0.352 e. The van der Waals surface area contributed by atoms with Crippen LogP contribution in [0.4, 0.5) is 0 Å². The van der Waals surface area contributed by atoms with Gasteiger partial charge in [-0.15, -0.1) is 10.2 Å². The summed E-state index contributed by atoms with van der Waals surface area (Å²) < 4.78 is 1.86. The molecular formula is C21H21ClN4O. The molecule has 3 aromatic rings. The summed E-state index contributed by atoms with van der Waals surface area (Å²) in [5.41, 5.74) is 3.56. The summed E-state index contributed by atoms with van der Waals surface area (Å²) in [5, 5.41) is 12.1. The Balaban J connectivity index is 1.47. The first-order chi connectivity index (χ1) is 13.2. The lowest BCUT2D eigenvalue weighted by molar-refractivity contribution is 0.0954. The van der Waals surface area contributed by atoms with E-state index in [9.17, 15) is 4.79 Å². The number of halogens is 1. The molecule has 1 amide bonds. The average molecular weight is 381 g/mol. The zero-order valence-corrected chi connectivity index (χ0v) is 15.7. The molecule has 0 saturated carbocycles. The number of fused-ring (bicyclic) bond motifs is 1. The van der Waals surface area contributed by atoms with Gasteiger partial charge in [0.2, 0.25) is 0 Å². The first kappa shape index (κ1) is 17.7. The van der Waals surface area contributed by atoms with Gasteiger partial charge in [0.1, 0.15) is 0 Å². The van der Waals surface area contributed by atoms with E-state index in [1.165, 1.54) is 24.8 Å². The smallest absolute Gasteiger partial charge is 0.251 e. The van der Waals surface area contributed by atoms with Crippen LogP contribution < -0.4 is 5.32 Å². The molecular weight excluding hydrogens is 360 g/mol. The Morgan fingerprint density at radius 1 is 1.19 bits per heavy atom. The van der Waals surface area contributed by atoms with Gasteiger partial charge in [-0.2, -0.15) is 0 Å². The molecule has 1 aromatic carbocycles. The van der Waals surface area contributed by atoms with E-state index < -0.39 is 0 Å². The molecule has 0 radical (unpaired) electrons. The van der Waals surface area contributed by atoms with Crippen molar-refractivity contribution in [2.45, 2.75) is 32.1 Å². The summed E-state index contributed by atoms with van der Waals surface area (Å²) in [6, 6.07) is 11.0. The Morgan fingerprint density at radius 2 is 2.11 bits per heavy atom. The van der Waals surface area contributed by atoms with E-state index in [0.717, 1.165) is 18.4 Å². The van der Waals surface area contributed by atoms with Gasteiger partial charge < -0.3 is 5.32 Å². The van der Waals surface area contributed by atoms with Crippen LogP contribution in [0.1, 0.15) is 42.5 Å². The van der Waals surface area contributed by atoms with Crippen molar-refractivity contribution in [3.05, 3.63) is 64.8 Å². The molecule has 6 heteroatoms. The van der Waals surface area contributed by atoms with Crippen LogP contribution >= 0.6 is 11.6 Å². The van der Waals surface area contributed by atoms with E-state index in [4.69, 9.17) is 11.6 Å². The standard InChI is InChI=1S/C21H21ClN4O/c22-18-8-4-7-16(13-18)20-25-24-19-14-17(10-12-26(19)20)21(27)23-11-9-15-5-2-1-3-6-15/h4-5,7-8,10,12-14H,1-3,6,9,11H2,(H,23,27). The Labute approximate surface area is 163 Å². The van der Waals surface area contributed by atoms with Gasteiger partial charge in [-0.3, -0.25) is 9.20 Å². The van der Waals surface area contributed by atoms with Crippen molar-refractivity contribution in [1.29, 1.82) is 0 Å². The van der Waals surface area contributed by atoms with Crippen LogP contribution in [0.25, 0.3) is 17.0 Å². The van der Waals surface area contributed by atoms with E-state index in [1.807, 2.05) is 34.9 Å². The lowest BCUT2D eigenvalue weighted by Gasteiger charge is -2.13. The van der Waals surface area contributed by atoms with Crippen LogP contribution in [0, 0.1) is 0 Å². The molecule has 0 saturated heterocycles. The molecule has 5 nitrogen and oxygen atoms in total. The van der Waals surface area contributed by atoms with E-state index in [-0.39, 0.29) is 5.91 Å². The van der Waals surface area contributed by atoms with Crippen LogP contribution in [0.3, 0.4) is 0 Å². The van der Waals surface area contributed by atoms with Crippen LogP contribution in [0.2, 0.25) is 5.02 Å². The minimum absolute atomic E-state index is 0.0822. The molecule has 0 unspecified atom stereocenters. The molecule has 138 valence electrons. The maximum Gasteiger partial charge on any atom is 0.251 e. The fraction of sp³-hybridized carbons (Fsp3) is 0.286. The summed E-state index contributed by atoms with van der Waals surface area (Å²) in [4.78, 5) is 12.4. The highest BCUT2D eigenvalue weighted by molar-refractivity contribution is 6.30. The molecule has 1 aliphatic carbocycles. The maximum atomic E-state index is 12.4. The summed E-state index contributed by atoms with van der Waals surface area (Å²) in [7, 11) is 0. The molecule has 0 bridgehead atoms. The molecule has 0 aliphatic heterocycles.